The largest absolute Gasteiger partial charge is 0.376 e. The average Bonchev–Trinajstić information content (AvgIpc) is 4.18. The first-order valence-electron chi connectivity index (χ1n) is 21.6. The normalized spacial score (nSPS) is 17.9. The second-order valence-electron chi connectivity index (χ2n) is 16.5. The smallest absolute Gasteiger partial charge is 0.0972 e. The van der Waals surface area contributed by atoms with Crippen molar-refractivity contribution in [1.29, 1.82) is 0 Å². The molecule has 12 rings (SSSR count). The lowest BCUT2D eigenvalue weighted by molar-refractivity contribution is -0.00574. The van der Waals surface area contributed by atoms with Gasteiger partial charge in [-0.25, -0.2) is 9.97 Å². The number of nitrogens with zero attached hydrogens (tertiary/aromatic N) is 2. The number of fused-ring (bicyclic) bond motifs is 12. The van der Waals surface area contributed by atoms with Crippen molar-refractivity contribution in [2.45, 2.75) is 25.0 Å². The fourth-order valence-electron chi connectivity index (χ4n) is 10.1. The van der Waals surface area contributed by atoms with E-state index in [0.717, 1.165) is 113 Å². The van der Waals surface area contributed by atoms with Crippen LogP contribution in [0.2, 0.25) is 0 Å². The molecular formula is C56H43N5O. The molecule has 4 aliphatic heterocycles. The Morgan fingerprint density at radius 1 is 0.452 bits per heavy atom. The number of aromatic nitrogens is 4. The van der Waals surface area contributed by atoms with Gasteiger partial charge in [-0.2, -0.15) is 0 Å². The van der Waals surface area contributed by atoms with Crippen LogP contribution in [0.25, 0.3) is 90.0 Å². The molecule has 3 atom stereocenters. The van der Waals surface area contributed by atoms with Crippen molar-refractivity contribution in [3.8, 4) is 44.5 Å². The number of aromatic amines is 2. The Bertz CT molecular complexity index is 3210. The highest BCUT2D eigenvalue weighted by atomic mass is 16.5. The molecule has 0 radical (unpaired) electrons. The fourth-order valence-corrected chi connectivity index (χ4v) is 10.1. The zero-order valence-corrected chi connectivity index (χ0v) is 34.1. The van der Waals surface area contributed by atoms with E-state index in [1.807, 2.05) is 0 Å². The molecule has 1 fully saturated rings. The van der Waals surface area contributed by atoms with E-state index in [-0.39, 0.29) is 18.1 Å². The molecule has 8 bridgehead atoms. The van der Waals surface area contributed by atoms with Gasteiger partial charge in [-0.05, 0) is 77.1 Å². The summed E-state index contributed by atoms with van der Waals surface area (Å²) in [6.07, 6.45) is 6.19. The van der Waals surface area contributed by atoms with E-state index in [1.165, 1.54) is 5.56 Å². The number of ether oxygens (including phenoxy) is 1. The summed E-state index contributed by atoms with van der Waals surface area (Å²) in [6.45, 7) is 0.701. The van der Waals surface area contributed by atoms with Crippen LogP contribution in [0.4, 0.5) is 0 Å². The van der Waals surface area contributed by atoms with Crippen LogP contribution in [-0.2, 0) is 4.74 Å². The van der Waals surface area contributed by atoms with Gasteiger partial charge in [-0.3, -0.25) is 0 Å². The Morgan fingerprint density at radius 3 is 1.39 bits per heavy atom. The molecule has 1 saturated heterocycles. The van der Waals surface area contributed by atoms with Gasteiger partial charge >= 0.3 is 0 Å². The van der Waals surface area contributed by atoms with Crippen LogP contribution in [0, 0.1) is 5.92 Å². The second-order valence-corrected chi connectivity index (χ2v) is 16.5. The van der Waals surface area contributed by atoms with Crippen LogP contribution >= 0.6 is 0 Å². The predicted octanol–water partition coefficient (Wildman–Crippen LogP) is 13.2. The highest BCUT2D eigenvalue weighted by Crippen LogP contribution is 2.52. The van der Waals surface area contributed by atoms with Crippen molar-refractivity contribution in [3.05, 3.63) is 204 Å². The van der Waals surface area contributed by atoms with Crippen LogP contribution in [0.1, 0.15) is 47.2 Å². The van der Waals surface area contributed by atoms with Crippen LogP contribution in [-0.4, -0.2) is 32.6 Å². The Hall–Kier alpha value is -7.54. The third kappa shape index (κ3) is 6.14. The molecule has 0 saturated carbocycles. The van der Waals surface area contributed by atoms with Crippen LogP contribution in [0.3, 0.4) is 0 Å². The van der Waals surface area contributed by atoms with Gasteiger partial charge in [-0.15, -0.1) is 0 Å². The summed E-state index contributed by atoms with van der Waals surface area (Å²) in [4.78, 5) is 19.3. The maximum Gasteiger partial charge on any atom is 0.0972 e. The Kier molecular flexibility index (Phi) is 8.89. The van der Waals surface area contributed by atoms with Gasteiger partial charge in [0.05, 0.1) is 40.6 Å². The van der Waals surface area contributed by atoms with Crippen LogP contribution < -0.4 is 5.32 Å². The van der Waals surface area contributed by atoms with Gasteiger partial charge in [0, 0.05) is 62.4 Å². The van der Waals surface area contributed by atoms with Gasteiger partial charge in [0.2, 0.25) is 0 Å². The number of nitrogens with one attached hydrogen (secondary N) is 3. The van der Waals surface area contributed by atoms with Gasteiger partial charge in [0.15, 0.2) is 0 Å². The average molecular weight is 802 g/mol. The summed E-state index contributed by atoms with van der Waals surface area (Å²) in [5, 5.41) is 4.18. The summed E-state index contributed by atoms with van der Waals surface area (Å²) in [7, 11) is 0. The minimum Gasteiger partial charge on any atom is -0.376 e. The molecule has 5 aromatic carbocycles. The quantitative estimate of drug-likeness (QED) is 0.162. The maximum atomic E-state index is 7.02. The lowest BCUT2D eigenvalue weighted by Gasteiger charge is -2.43. The monoisotopic (exact) mass is 801 g/mol. The van der Waals surface area contributed by atoms with Crippen molar-refractivity contribution in [2.75, 3.05) is 6.61 Å². The molecule has 3 aromatic heterocycles. The number of hydrogen-bond donors (Lipinski definition) is 3. The van der Waals surface area contributed by atoms with Crippen LogP contribution in [0.15, 0.2) is 176 Å². The lowest BCUT2D eigenvalue weighted by atomic mass is 9.76. The Labute approximate surface area is 360 Å². The molecule has 7 heterocycles. The highest BCUT2D eigenvalue weighted by Gasteiger charge is 2.46. The third-order valence-electron chi connectivity index (χ3n) is 12.8. The first kappa shape index (κ1) is 36.3. The minimum absolute atomic E-state index is 0.0332. The molecular weight excluding hydrogens is 759 g/mol. The molecule has 0 spiro atoms. The van der Waals surface area contributed by atoms with Gasteiger partial charge in [0.25, 0.3) is 0 Å². The van der Waals surface area contributed by atoms with Gasteiger partial charge in [-0.1, -0.05) is 152 Å². The SMILES string of the molecule is C1=Cc2nc1c(-c1ccccc1)c1ccc([nH]1)c(-c1ccccc1)c1nc(c(-c3ccccc3)c3ccc([nH]3)c2-c2ccccc2)C2=C1N[C@H](c1ccccc1)[C@H]1CCCO[C@@H]21. The van der Waals surface area contributed by atoms with Crippen molar-refractivity contribution >= 4 is 45.5 Å². The third-order valence-corrected chi connectivity index (χ3v) is 12.8. The van der Waals surface area contributed by atoms with E-state index in [4.69, 9.17) is 14.7 Å². The molecule has 6 heteroatoms. The van der Waals surface area contributed by atoms with Crippen molar-refractivity contribution in [2.24, 2.45) is 5.92 Å². The standard InChI is InChI=1S/C56H43N5O/c1-6-17-35(18-7-1)47-41-28-29-42(57-41)48(36-19-8-2-9-20-36)44-31-33-46(59-44)50(38-23-12-4-13-24-38)54-55-51(56-40(27-16-34-62-56)52(60-55)39-25-14-5-15-26-39)53(61-54)49(37-21-10-3-11-22-37)45-32-30-43(47)58-45/h1-15,17-26,28-33,40,52,56,58-60H,16,27,34H2/t40-,52-,56-/m1/s1. The van der Waals surface area contributed by atoms with Gasteiger partial charge < -0.3 is 20.0 Å². The van der Waals surface area contributed by atoms with Gasteiger partial charge in [0.1, 0.15) is 0 Å². The topological polar surface area (TPSA) is 78.6 Å². The summed E-state index contributed by atoms with van der Waals surface area (Å²) < 4.78 is 7.02. The molecule has 3 N–H and O–H groups in total. The number of rotatable bonds is 5. The number of benzene rings is 5. The minimum atomic E-state index is -0.177. The highest BCUT2D eigenvalue weighted by molar-refractivity contribution is 6.06. The Balaban J connectivity index is 1.28. The van der Waals surface area contributed by atoms with E-state index >= 15 is 0 Å². The summed E-state index contributed by atoms with van der Waals surface area (Å²) in [6, 6.07) is 62.3. The lowest BCUT2D eigenvalue weighted by Crippen LogP contribution is -2.44. The van der Waals surface area contributed by atoms with E-state index in [2.05, 4.69) is 203 Å². The zero-order valence-electron chi connectivity index (χ0n) is 34.1. The first-order chi connectivity index (χ1) is 30.8. The molecule has 8 aromatic rings. The molecule has 298 valence electrons. The molecule has 6 nitrogen and oxygen atoms in total. The first-order valence-corrected chi connectivity index (χ1v) is 21.6. The zero-order chi connectivity index (χ0) is 41.0. The van der Waals surface area contributed by atoms with E-state index in [9.17, 15) is 0 Å². The fraction of sp³-hybridized carbons (Fsp3) is 0.107. The molecule has 0 unspecified atom stereocenters. The van der Waals surface area contributed by atoms with E-state index in [1.54, 1.807) is 0 Å². The number of hydrogen-bond acceptors (Lipinski definition) is 4. The second kappa shape index (κ2) is 15.2. The molecule has 0 aliphatic carbocycles. The number of H-pyrrole nitrogens is 2. The maximum absolute atomic E-state index is 7.02. The summed E-state index contributed by atoms with van der Waals surface area (Å²) in [5.41, 5.74) is 19.3. The van der Waals surface area contributed by atoms with E-state index in [0.29, 0.717) is 6.61 Å². The van der Waals surface area contributed by atoms with Crippen molar-refractivity contribution in [3.63, 3.8) is 0 Å². The molecule has 4 aliphatic rings. The summed E-state index contributed by atoms with van der Waals surface area (Å²) >= 11 is 0. The van der Waals surface area contributed by atoms with Crippen molar-refractivity contribution < 1.29 is 4.74 Å². The van der Waals surface area contributed by atoms with E-state index < -0.39 is 0 Å². The summed E-state index contributed by atoms with van der Waals surface area (Å²) in [5.74, 6) is 0.204. The van der Waals surface area contributed by atoms with Crippen molar-refractivity contribution in [1.82, 2.24) is 25.3 Å². The molecule has 62 heavy (non-hydrogen) atoms. The van der Waals surface area contributed by atoms with Crippen LogP contribution in [0.5, 0.6) is 0 Å². The predicted molar refractivity (Wildman–Crippen MR) is 253 cm³/mol. The Morgan fingerprint density at radius 2 is 0.887 bits per heavy atom. The molecule has 0 amide bonds.